The van der Waals surface area contributed by atoms with Gasteiger partial charge in [-0.05, 0) is 43.7 Å². The molecule has 3 heterocycles. The quantitative estimate of drug-likeness (QED) is 0.644. The van der Waals surface area contributed by atoms with Crippen molar-refractivity contribution in [2.75, 3.05) is 23.4 Å². The number of nitrogens with zero attached hydrogens (tertiary/aromatic N) is 4. The van der Waals surface area contributed by atoms with E-state index in [2.05, 4.69) is 20.3 Å². The summed E-state index contributed by atoms with van der Waals surface area (Å²) in [5, 5.41) is 2.73. The van der Waals surface area contributed by atoms with E-state index in [1.165, 1.54) is 23.2 Å². The van der Waals surface area contributed by atoms with Crippen LogP contribution in [0.25, 0.3) is 11.4 Å². The third-order valence-electron chi connectivity index (χ3n) is 4.59. The number of urea groups is 1. The Hall–Kier alpha value is -3.69. The van der Waals surface area contributed by atoms with E-state index in [-0.39, 0.29) is 36.1 Å². The second-order valence-corrected chi connectivity index (χ2v) is 7.06. The van der Waals surface area contributed by atoms with Crippen LogP contribution in [0.15, 0.2) is 42.6 Å². The number of carbonyl (C=O) groups excluding carboxylic acids is 1. The molecule has 0 saturated heterocycles. The van der Waals surface area contributed by atoms with Crippen molar-refractivity contribution in [2.45, 2.75) is 20.0 Å². The zero-order valence-electron chi connectivity index (χ0n) is 16.7. The Balaban J connectivity index is 1.66. The van der Waals surface area contributed by atoms with Gasteiger partial charge in [0, 0.05) is 11.3 Å². The van der Waals surface area contributed by atoms with Crippen molar-refractivity contribution < 1.29 is 22.7 Å². The Kier molecular flexibility index (Phi) is 5.22. The number of carbonyl (C=O) groups is 1. The Bertz CT molecular complexity index is 1130. The summed E-state index contributed by atoms with van der Waals surface area (Å²) in [6.07, 6.45) is -3.13. The fourth-order valence-electron chi connectivity index (χ4n) is 3.26. The molecule has 1 aliphatic rings. The van der Waals surface area contributed by atoms with Crippen molar-refractivity contribution >= 4 is 17.7 Å². The standard InChI is InChI=1S/C21H18F3N5O2/c1-12-8-13(2)26-17(9-12)27-20(30)29-6-7-31-16-11-25-18(28-19(16)29)14-4-3-5-15(10-14)21(22,23)24/h3-5,8-11H,6-7H2,1-2H3,(H,26,27,30). The molecule has 2 aromatic heterocycles. The van der Waals surface area contributed by atoms with Crippen LogP contribution < -0.4 is 15.0 Å². The number of pyridine rings is 1. The molecule has 0 atom stereocenters. The number of benzene rings is 1. The minimum atomic E-state index is -4.49. The monoisotopic (exact) mass is 429 g/mol. The molecule has 4 rings (SSSR count). The predicted octanol–water partition coefficient (Wildman–Crippen LogP) is 4.61. The van der Waals surface area contributed by atoms with Gasteiger partial charge in [-0.15, -0.1) is 0 Å². The predicted molar refractivity (Wildman–Crippen MR) is 108 cm³/mol. The van der Waals surface area contributed by atoms with Crippen LogP contribution in [0.1, 0.15) is 16.8 Å². The first-order chi connectivity index (χ1) is 14.7. The van der Waals surface area contributed by atoms with Crippen LogP contribution in [-0.2, 0) is 6.18 Å². The van der Waals surface area contributed by atoms with Crippen LogP contribution in [0.2, 0.25) is 0 Å². The average molecular weight is 429 g/mol. The molecule has 0 bridgehead atoms. The summed E-state index contributed by atoms with van der Waals surface area (Å²) in [4.78, 5) is 27.0. The Morgan fingerprint density at radius 3 is 2.71 bits per heavy atom. The summed E-state index contributed by atoms with van der Waals surface area (Å²) in [5.74, 6) is 0.890. The maximum absolute atomic E-state index is 13.1. The molecule has 0 unspecified atom stereocenters. The fraction of sp³-hybridized carbons (Fsp3) is 0.238. The molecule has 0 radical (unpaired) electrons. The number of aryl methyl sites for hydroxylation is 2. The molecule has 10 heteroatoms. The van der Waals surface area contributed by atoms with Gasteiger partial charge in [0.2, 0.25) is 0 Å². The topological polar surface area (TPSA) is 80.2 Å². The van der Waals surface area contributed by atoms with Gasteiger partial charge in [0.05, 0.1) is 18.3 Å². The summed E-state index contributed by atoms with van der Waals surface area (Å²) in [6.45, 7) is 4.15. The molecule has 1 N–H and O–H groups in total. The highest BCUT2D eigenvalue weighted by Gasteiger charge is 2.31. The van der Waals surface area contributed by atoms with E-state index in [4.69, 9.17) is 4.74 Å². The summed E-state index contributed by atoms with van der Waals surface area (Å²) < 4.78 is 44.7. The molecule has 2 amide bonds. The third-order valence-corrected chi connectivity index (χ3v) is 4.59. The Morgan fingerprint density at radius 1 is 1.16 bits per heavy atom. The average Bonchev–Trinajstić information content (AvgIpc) is 2.71. The first kappa shape index (κ1) is 20.6. The second kappa shape index (κ2) is 7.86. The largest absolute Gasteiger partial charge is 0.486 e. The summed E-state index contributed by atoms with van der Waals surface area (Å²) in [6, 6.07) is 7.85. The first-order valence-corrected chi connectivity index (χ1v) is 9.42. The highest BCUT2D eigenvalue weighted by atomic mass is 19.4. The smallest absolute Gasteiger partial charge is 0.416 e. The second-order valence-electron chi connectivity index (χ2n) is 7.06. The van der Waals surface area contributed by atoms with Crippen molar-refractivity contribution in [1.29, 1.82) is 0 Å². The molecular weight excluding hydrogens is 411 g/mol. The third kappa shape index (κ3) is 4.42. The van der Waals surface area contributed by atoms with E-state index in [1.54, 1.807) is 6.07 Å². The number of fused-ring (bicyclic) bond motifs is 1. The molecule has 1 aromatic carbocycles. The van der Waals surface area contributed by atoms with E-state index >= 15 is 0 Å². The molecule has 3 aromatic rings. The zero-order valence-corrected chi connectivity index (χ0v) is 16.7. The van der Waals surface area contributed by atoms with Gasteiger partial charge < -0.3 is 4.74 Å². The van der Waals surface area contributed by atoms with E-state index in [0.29, 0.717) is 5.82 Å². The van der Waals surface area contributed by atoms with Crippen LogP contribution in [-0.4, -0.2) is 34.1 Å². The fourth-order valence-corrected chi connectivity index (χ4v) is 3.26. The lowest BCUT2D eigenvalue weighted by Gasteiger charge is -2.28. The maximum atomic E-state index is 13.1. The van der Waals surface area contributed by atoms with E-state index in [9.17, 15) is 18.0 Å². The lowest BCUT2D eigenvalue weighted by molar-refractivity contribution is -0.137. The van der Waals surface area contributed by atoms with E-state index < -0.39 is 17.8 Å². The van der Waals surface area contributed by atoms with Gasteiger partial charge in [-0.3, -0.25) is 10.2 Å². The minimum Gasteiger partial charge on any atom is -0.486 e. The van der Waals surface area contributed by atoms with Gasteiger partial charge in [-0.25, -0.2) is 19.7 Å². The normalized spacial score (nSPS) is 13.4. The van der Waals surface area contributed by atoms with E-state index in [1.807, 2.05) is 19.9 Å². The number of hydrogen-bond acceptors (Lipinski definition) is 5. The lowest BCUT2D eigenvalue weighted by atomic mass is 10.1. The number of rotatable bonds is 2. The number of amides is 2. The lowest BCUT2D eigenvalue weighted by Crippen LogP contribution is -2.41. The molecule has 0 aliphatic carbocycles. The number of hydrogen-bond donors (Lipinski definition) is 1. The number of anilines is 2. The number of nitrogens with one attached hydrogen (secondary N) is 1. The zero-order chi connectivity index (χ0) is 22.2. The van der Waals surface area contributed by atoms with E-state index in [0.717, 1.165) is 23.4 Å². The minimum absolute atomic E-state index is 0.0534. The van der Waals surface area contributed by atoms with Crippen molar-refractivity contribution in [2.24, 2.45) is 0 Å². The molecule has 0 fully saturated rings. The summed E-state index contributed by atoms with van der Waals surface area (Å²) >= 11 is 0. The first-order valence-electron chi connectivity index (χ1n) is 9.42. The van der Waals surface area contributed by atoms with Gasteiger partial charge in [-0.2, -0.15) is 13.2 Å². The van der Waals surface area contributed by atoms with Gasteiger partial charge in [0.15, 0.2) is 17.4 Å². The Morgan fingerprint density at radius 2 is 1.97 bits per heavy atom. The van der Waals surface area contributed by atoms with Crippen LogP contribution in [0.4, 0.5) is 29.6 Å². The van der Waals surface area contributed by atoms with Crippen LogP contribution in [0.5, 0.6) is 5.75 Å². The molecular formula is C21H18F3N5O2. The number of aromatic nitrogens is 3. The molecule has 1 aliphatic heterocycles. The van der Waals surface area contributed by atoms with Crippen molar-refractivity contribution in [1.82, 2.24) is 15.0 Å². The number of alkyl halides is 3. The van der Waals surface area contributed by atoms with Crippen LogP contribution >= 0.6 is 0 Å². The molecule has 0 spiro atoms. The van der Waals surface area contributed by atoms with Crippen molar-refractivity contribution in [3.05, 3.63) is 59.4 Å². The molecule has 31 heavy (non-hydrogen) atoms. The summed E-state index contributed by atoms with van der Waals surface area (Å²) in [5.41, 5.74) is 1.07. The van der Waals surface area contributed by atoms with Gasteiger partial charge in [0.25, 0.3) is 0 Å². The van der Waals surface area contributed by atoms with Crippen molar-refractivity contribution in [3.63, 3.8) is 0 Å². The highest BCUT2D eigenvalue weighted by molar-refractivity contribution is 6.01. The van der Waals surface area contributed by atoms with Crippen LogP contribution in [0, 0.1) is 13.8 Å². The molecule has 0 saturated carbocycles. The Labute approximate surface area is 175 Å². The molecule has 160 valence electrons. The molecule has 7 nitrogen and oxygen atoms in total. The van der Waals surface area contributed by atoms with Gasteiger partial charge in [-0.1, -0.05) is 12.1 Å². The van der Waals surface area contributed by atoms with Gasteiger partial charge >= 0.3 is 12.2 Å². The summed E-state index contributed by atoms with van der Waals surface area (Å²) in [7, 11) is 0. The van der Waals surface area contributed by atoms with Crippen LogP contribution in [0.3, 0.4) is 0 Å². The SMILES string of the molecule is Cc1cc(C)nc(NC(=O)N2CCOc3cnc(-c4cccc(C(F)(F)F)c4)nc32)c1. The number of ether oxygens (including phenoxy) is 1. The number of halogens is 3. The van der Waals surface area contributed by atoms with Crippen molar-refractivity contribution in [3.8, 4) is 17.1 Å². The maximum Gasteiger partial charge on any atom is 0.416 e. The highest BCUT2D eigenvalue weighted by Crippen LogP contribution is 2.34. The van der Waals surface area contributed by atoms with Gasteiger partial charge in [0.1, 0.15) is 12.4 Å².